The summed E-state index contributed by atoms with van der Waals surface area (Å²) < 4.78 is 0. The summed E-state index contributed by atoms with van der Waals surface area (Å²) in [7, 11) is 0. The van der Waals surface area contributed by atoms with Crippen LogP contribution in [0.2, 0.25) is 5.02 Å². The molecule has 2 aromatic rings. The van der Waals surface area contributed by atoms with Gasteiger partial charge in [0.15, 0.2) is 0 Å². The normalized spacial score (nSPS) is 13.2. The SMILES string of the molecule is Cc1cc(Cl)ccc1C(CC(=O)C(C)(C)C)c1ncn[nH]1. The number of rotatable bonds is 4. The van der Waals surface area contributed by atoms with E-state index in [1.165, 1.54) is 6.33 Å². The predicted octanol–water partition coefficient (Wildman–Crippen LogP) is 3.90. The Balaban J connectivity index is 2.40. The van der Waals surface area contributed by atoms with Crippen LogP contribution in [0.1, 0.15) is 50.1 Å². The van der Waals surface area contributed by atoms with Crippen LogP contribution in [-0.4, -0.2) is 21.0 Å². The molecule has 1 N–H and O–H groups in total. The van der Waals surface area contributed by atoms with Crippen LogP contribution in [0.4, 0.5) is 0 Å². The summed E-state index contributed by atoms with van der Waals surface area (Å²) in [4.78, 5) is 16.7. The standard InChI is InChI=1S/C16H20ClN3O/c1-10-7-11(17)5-6-12(10)13(15-18-9-19-20-15)8-14(21)16(2,3)4/h5-7,9,13H,8H2,1-4H3,(H,18,19,20). The van der Waals surface area contributed by atoms with Crippen LogP contribution in [0, 0.1) is 12.3 Å². The van der Waals surface area contributed by atoms with Crippen molar-refractivity contribution in [3.63, 3.8) is 0 Å². The summed E-state index contributed by atoms with van der Waals surface area (Å²) in [6.07, 6.45) is 1.86. The van der Waals surface area contributed by atoms with Gasteiger partial charge in [0.25, 0.3) is 0 Å². The first-order valence-electron chi connectivity index (χ1n) is 6.93. The summed E-state index contributed by atoms with van der Waals surface area (Å²) in [6.45, 7) is 7.79. The Bertz CT molecular complexity index is 629. The number of carbonyl (C=O) groups is 1. The van der Waals surface area contributed by atoms with Gasteiger partial charge in [0.05, 0.1) is 5.92 Å². The molecule has 0 fully saturated rings. The number of carbonyl (C=O) groups excluding carboxylic acids is 1. The number of aromatic amines is 1. The highest BCUT2D eigenvalue weighted by Gasteiger charge is 2.28. The Kier molecular flexibility index (Phi) is 4.47. The van der Waals surface area contributed by atoms with Gasteiger partial charge < -0.3 is 0 Å². The lowest BCUT2D eigenvalue weighted by molar-refractivity contribution is -0.126. The molecule has 1 atom stereocenters. The second kappa shape index (κ2) is 5.98. The van der Waals surface area contributed by atoms with Crippen molar-refractivity contribution in [2.24, 2.45) is 5.41 Å². The second-order valence-corrected chi connectivity index (χ2v) is 6.74. The first-order valence-corrected chi connectivity index (χ1v) is 7.31. The van der Waals surface area contributed by atoms with Crippen LogP contribution in [0.15, 0.2) is 24.5 Å². The van der Waals surface area contributed by atoms with E-state index in [4.69, 9.17) is 11.6 Å². The third-order valence-electron chi connectivity index (χ3n) is 3.60. The van der Waals surface area contributed by atoms with Gasteiger partial charge in [-0.3, -0.25) is 9.89 Å². The molecule has 0 saturated carbocycles. The number of nitrogens with one attached hydrogen (secondary N) is 1. The topological polar surface area (TPSA) is 58.6 Å². The average molecular weight is 306 g/mol. The van der Waals surface area contributed by atoms with Gasteiger partial charge in [-0.05, 0) is 30.2 Å². The zero-order chi connectivity index (χ0) is 15.6. The quantitative estimate of drug-likeness (QED) is 0.932. The Morgan fingerprint density at radius 3 is 2.62 bits per heavy atom. The molecule has 0 aliphatic heterocycles. The van der Waals surface area contributed by atoms with Crippen molar-refractivity contribution in [1.29, 1.82) is 0 Å². The summed E-state index contributed by atoms with van der Waals surface area (Å²) >= 11 is 6.02. The Morgan fingerprint density at radius 1 is 1.38 bits per heavy atom. The third-order valence-corrected chi connectivity index (χ3v) is 3.83. The third kappa shape index (κ3) is 3.70. The predicted molar refractivity (Wildman–Crippen MR) is 83.5 cm³/mol. The highest BCUT2D eigenvalue weighted by Crippen LogP contribution is 2.32. The Hall–Kier alpha value is -1.68. The smallest absolute Gasteiger partial charge is 0.139 e. The zero-order valence-corrected chi connectivity index (χ0v) is 13.5. The van der Waals surface area contributed by atoms with Crippen LogP contribution in [-0.2, 0) is 4.79 Å². The fraction of sp³-hybridized carbons (Fsp3) is 0.438. The minimum absolute atomic E-state index is 0.128. The zero-order valence-electron chi connectivity index (χ0n) is 12.8. The van der Waals surface area contributed by atoms with E-state index in [2.05, 4.69) is 15.2 Å². The first-order chi connectivity index (χ1) is 9.79. The van der Waals surface area contributed by atoms with E-state index in [1.807, 2.05) is 45.9 Å². The van der Waals surface area contributed by atoms with Crippen molar-refractivity contribution < 1.29 is 4.79 Å². The number of Topliss-reactive ketones (excluding diaryl/α,β-unsaturated/α-hetero) is 1. The molecule has 112 valence electrons. The van der Waals surface area contributed by atoms with E-state index in [0.29, 0.717) is 17.3 Å². The molecule has 4 nitrogen and oxygen atoms in total. The maximum atomic E-state index is 12.4. The van der Waals surface area contributed by atoms with Gasteiger partial charge >= 0.3 is 0 Å². The van der Waals surface area contributed by atoms with Crippen molar-refractivity contribution in [3.05, 3.63) is 46.5 Å². The largest absolute Gasteiger partial charge is 0.299 e. The van der Waals surface area contributed by atoms with Crippen LogP contribution in [0.5, 0.6) is 0 Å². The molecule has 2 rings (SSSR count). The van der Waals surface area contributed by atoms with Gasteiger partial charge in [-0.1, -0.05) is 38.4 Å². The number of halogens is 1. The van der Waals surface area contributed by atoms with Gasteiger partial charge in [0.2, 0.25) is 0 Å². The number of hydrogen-bond acceptors (Lipinski definition) is 3. The van der Waals surface area contributed by atoms with Crippen LogP contribution in [0.3, 0.4) is 0 Å². The fourth-order valence-electron chi connectivity index (χ4n) is 2.26. The van der Waals surface area contributed by atoms with E-state index < -0.39 is 0 Å². The number of nitrogens with zero attached hydrogens (tertiary/aromatic N) is 2. The molecule has 0 bridgehead atoms. The molecule has 5 heteroatoms. The minimum atomic E-state index is -0.376. The Morgan fingerprint density at radius 2 is 2.10 bits per heavy atom. The van der Waals surface area contributed by atoms with Crippen molar-refractivity contribution in [2.45, 2.75) is 40.0 Å². The lowest BCUT2D eigenvalue weighted by atomic mass is 9.81. The number of H-pyrrole nitrogens is 1. The fourth-order valence-corrected chi connectivity index (χ4v) is 2.49. The summed E-state index contributed by atoms with van der Waals surface area (Å²) in [5.41, 5.74) is 1.72. The molecule has 21 heavy (non-hydrogen) atoms. The highest BCUT2D eigenvalue weighted by atomic mass is 35.5. The van der Waals surface area contributed by atoms with E-state index in [1.54, 1.807) is 0 Å². The van der Waals surface area contributed by atoms with Crippen molar-refractivity contribution >= 4 is 17.4 Å². The van der Waals surface area contributed by atoms with Crippen LogP contribution < -0.4 is 0 Å². The first kappa shape index (κ1) is 15.7. The molecule has 0 spiro atoms. The van der Waals surface area contributed by atoms with E-state index in [9.17, 15) is 4.79 Å². The number of ketones is 1. The molecule has 0 aliphatic rings. The number of hydrogen-bond donors (Lipinski definition) is 1. The molecule has 1 heterocycles. The lowest BCUT2D eigenvalue weighted by Gasteiger charge is -2.22. The number of aromatic nitrogens is 3. The average Bonchev–Trinajstić information content (AvgIpc) is 2.89. The molecule has 0 radical (unpaired) electrons. The van der Waals surface area contributed by atoms with E-state index >= 15 is 0 Å². The van der Waals surface area contributed by atoms with Crippen molar-refractivity contribution in [2.75, 3.05) is 0 Å². The Labute approximate surface area is 129 Å². The monoisotopic (exact) mass is 305 g/mol. The summed E-state index contributed by atoms with van der Waals surface area (Å²) in [5, 5.41) is 7.49. The van der Waals surface area contributed by atoms with Gasteiger partial charge in [0.1, 0.15) is 17.9 Å². The van der Waals surface area contributed by atoms with Gasteiger partial charge in [-0.2, -0.15) is 5.10 Å². The molecule has 0 saturated heterocycles. The van der Waals surface area contributed by atoms with Gasteiger partial charge in [-0.15, -0.1) is 0 Å². The lowest BCUT2D eigenvalue weighted by Crippen LogP contribution is -2.23. The van der Waals surface area contributed by atoms with Crippen molar-refractivity contribution in [1.82, 2.24) is 15.2 Å². The van der Waals surface area contributed by atoms with Crippen molar-refractivity contribution in [3.8, 4) is 0 Å². The molecule has 1 unspecified atom stereocenters. The van der Waals surface area contributed by atoms with Crippen LogP contribution >= 0.6 is 11.6 Å². The van der Waals surface area contributed by atoms with E-state index in [-0.39, 0.29) is 17.1 Å². The maximum Gasteiger partial charge on any atom is 0.139 e. The number of benzene rings is 1. The molecule has 0 aliphatic carbocycles. The summed E-state index contributed by atoms with van der Waals surface area (Å²) in [5.74, 6) is 0.771. The molecular weight excluding hydrogens is 286 g/mol. The van der Waals surface area contributed by atoms with Crippen LogP contribution in [0.25, 0.3) is 0 Å². The second-order valence-electron chi connectivity index (χ2n) is 6.30. The minimum Gasteiger partial charge on any atom is -0.299 e. The van der Waals surface area contributed by atoms with Gasteiger partial charge in [0, 0.05) is 16.9 Å². The molecule has 0 amide bonds. The molecular formula is C16H20ClN3O. The highest BCUT2D eigenvalue weighted by molar-refractivity contribution is 6.30. The molecule has 1 aromatic carbocycles. The number of aryl methyl sites for hydroxylation is 1. The maximum absolute atomic E-state index is 12.4. The van der Waals surface area contributed by atoms with E-state index in [0.717, 1.165) is 11.1 Å². The molecule has 1 aromatic heterocycles. The van der Waals surface area contributed by atoms with Gasteiger partial charge in [-0.25, -0.2) is 4.98 Å². The summed E-state index contributed by atoms with van der Waals surface area (Å²) in [6, 6.07) is 5.71.